The minimum absolute atomic E-state index is 0.124. The number of benzene rings is 1. The maximum Gasteiger partial charge on any atom is 0.421 e. The molecule has 9 heteroatoms. The largest absolute Gasteiger partial charge is 0.425 e. The molecule has 0 saturated heterocycles. The zero-order chi connectivity index (χ0) is 18.6. The summed E-state index contributed by atoms with van der Waals surface area (Å²) in [7, 11) is 0. The molecule has 0 radical (unpaired) electrons. The summed E-state index contributed by atoms with van der Waals surface area (Å²) in [6.07, 6.45) is -3.73. The number of anilines is 1. The smallest absolute Gasteiger partial charge is 0.421 e. The highest BCUT2D eigenvalue weighted by Crippen LogP contribution is 2.26. The molecule has 0 unspecified atom stereocenters. The van der Waals surface area contributed by atoms with E-state index in [4.69, 9.17) is 4.74 Å². The first-order valence-corrected chi connectivity index (χ1v) is 7.02. The fraction of sp³-hybridized carbons (Fsp3) is 0.188. The van der Waals surface area contributed by atoms with Gasteiger partial charge in [-0.1, -0.05) is 0 Å². The number of hydrogen-bond donors (Lipinski definition) is 1. The number of carbonyl (C=O) groups is 2. The highest BCUT2D eigenvalue weighted by atomic mass is 19.4. The van der Waals surface area contributed by atoms with Crippen LogP contribution in [0.3, 0.4) is 0 Å². The minimum atomic E-state index is -4.80. The third kappa shape index (κ3) is 4.93. The SMILES string of the molecule is CC(=O)Nc1ccc(OC(=O)Cn2cccc(C(F)(F)F)c2=O)cc1. The highest BCUT2D eigenvalue weighted by molar-refractivity contribution is 5.88. The van der Waals surface area contributed by atoms with E-state index in [0.717, 1.165) is 12.3 Å². The molecule has 1 aromatic carbocycles. The lowest BCUT2D eigenvalue weighted by molar-refractivity contribution is -0.140. The molecule has 0 spiro atoms. The van der Waals surface area contributed by atoms with Gasteiger partial charge in [0.25, 0.3) is 5.56 Å². The van der Waals surface area contributed by atoms with Crippen LogP contribution in [-0.2, 0) is 22.3 Å². The Morgan fingerprint density at radius 2 is 1.80 bits per heavy atom. The van der Waals surface area contributed by atoms with E-state index in [2.05, 4.69) is 5.32 Å². The number of aromatic nitrogens is 1. The van der Waals surface area contributed by atoms with E-state index in [9.17, 15) is 27.6 Å². The van der Waals surface area contributed by atoms with Crippen LogP contribution in [0.1, 0.15) is 12.5 Å². The van der Waals surface area contributed by atoms with Crippen molar-refractivity contribution < 1.29 is 27.5 Å². The van der Waals surface area contributed by atoms with E-state index >= 15 is 0 Å². The van der Waals surface area contributed by atoms with Gasteiger partial charge in [0.15, 0.2) is 0 Å². The van der Waals surface area contributed by atoms with Crippen molar-refractivity contribution in [2.24, 2.45) is 0 Å². The summed E-state index contributed by atoms with van der Waals surface area (Å²) < 4.78 is 43.6. The molecule has 1 N–H and O–H groups in total. The molecule has 2 aromatic rings. The number of hydrogen-bond acceptors (Lipinski definition) is 4. The highest BCUT2D eigenvalue weighted by Gasteiger charge is 2.34. The summed E-state index contributed by atoms with van der Waals surface area (Å²) in [5, 5.41) is 2.52. The van der Waals surface area contributed by atoms with Crippen LogP contribution in [0, 0.1) is 0 Å². The number of ether oxygens (including phenoxy) is 1. The number of carbonyl (C=O) groups excluding carboxylic acids is 2. The molecule has 0 aliphatic carbocycles. The third-order valence-corrected chi connectivity index (χ3v) is 3.03. The van der Waals surface area contributed by atoms with Gasteiger partial charge in [0.05, 0.1) is 0 Å². The Kier molecular flexibility index (Phi) is 5.26. The molecular weight excluding hydrogens is 341 g/mol. The van der Waals surface area contributed by atoms with Gasteiger partial charge >= 0.3 is 12.1 Å². The van der Waals surface area contributed by atoms with Gasteiger partial charge in [-0.3, -0.25) is 9.59 Å². The molecule has 0 bridgehead atoms. The van der Waals surface area contributed by atoms with Crippen LogP contribution in [0.2, 0.25) is 0 Å². The molecule has 1 aromatic heterocycles. The minimum Gasteiger partial charge on any atom is -0.425 e. The van der Waals surface area contributed by atoms with Crippen molar-refractivity contribution in [1.82, 2.24) is 4.57 Å². The molecule has 0 aliphatic heterocycles. The van der Waals surface area contributed by atoms with Gasteiger partial charge in [-0.2, -0.15) is 13.2 Å². The first-order chi connectivity index (χ1) is 11.7. The summed E-state index contributed by atoms with van der Waals surface area (Å²) >= 11 is 0. The topological polar surface area (TPSA) is 77.4 Å². The van der Waals surface area contributed by atoms with Crippen molar-refractivity contribution in [1.29, 1.82) is 0 Å². The van der Waals surface area contributed by atoms with E-state index < -0.39 is 29.8 Å². The number of pyridine rings is 1. The number of nitrogens with zero attached hydrogens (tertiary/aromatic N) is 1. The van der Waals surface area contributed by atoms with Crippen LogP contribution >= 0.6 is 0 Å². The number of amides is 1. The number of halogens is 3. The monoisotopic (exact) mass is 354 g/mol. The van der Waals surface area contributed by atoms with Gasteiger partial charge in [0, 0.05) is 18.8 Å². The molecule has 132 valence electrons. The Morgan fingerprint density at radius 3 is 2.36 bits per heavy atom. The molecule has 1 heterocycles. The number of alkyl halides is 3. The van der Waals surface area contributed by atoms with Crippen molar-refractivity contribution in [2.75, 3.05) is 5.32 Å². The maximum absolute atomic E-state index is 12.7. The predicted molar refractivity (Wildman–Crippen MR) is 82.1 cm³/mol. The molecule has 0 aliphatic rings. The summed E-state index contributed by atoms with van der Waals surface area (Å²) in [6, 6.07) is 7.45. The molecule has 2 rings (SSSR count). The van der Waals surface area contributed by atoms with E-state index in [1.54, 1.807) is 0 Å². The Labute approximate surface area is 139 Å². The Hall–Kier alpha value is -3.10. The molecule has 0 fully saturated rings. The van der Waals surface area contributed by atoms with Crippen molar-refractivity contribution in [3.63, 3.8) is 0 Å². The van der Waals surface area contributed by atoms with Gasteiger partial charge in [0.2, 0.25) is 5.91 Å². The summed E-state index contributed by atoms with van der Waals surface area (Å²) in [5.41, 5.74) is -2.20. The third-order valence-electron chi connectivity index (χ3n) is 3.03. The van der Waals surface area contributed by atoms with Crippen LogP contribution in [0.5, 0.6) is 5.75 Å². The van der Waals surface area contributed by atoms with Gasteiger partial charge in [-0.25, -0.2) is 4.79 Å². The average Bonchev–Trinajstić information content (AvgIpc) is 2.49. The molecule has 0 atom stereocenters. The molecular formula is C16H13F3N2O4. The summed E-state index contributed by atoms with van der Waals surface area (Å²) in [4.78, 5) is 34.5. The predicted octanol–water partition coefficient (Wildman–Crippen LogP) is 2.43. The second-order valence-corrected chi connectivity index (χ2v) is 5.03. The standard InChI is InChI=1S/C16H13F3N2O4/c1-10(22)20-11-4-6-12(7-5-11)25-14(23)9-21-8-2-3-13(15(21)24)16(17,18)19/h2-8H,9H2,1H3,(H,20,22). The molecule has 0 saturated carbocycles. The second-order valence-electron chi connectivity index (χ2n) is 5.03. The quantitative estimate of drug-likeness (QED) is 0.676. The number of esters is 1. The van der Waals surface area contributed by atoms with Crippen LogP contribution < -0.4 is 15.6 Å². The lowest BCUT2D eigenvalue weighted by Crippen LogP contribution is -2.31. The van der Waals surface area contributed by atoms with E-state index in [1.165, 1.54) is 31.2 Å². The van der Waals surface area contributed by atoms with E-state index in [1.807, 2.05) is 0 Å². The Balaban J connectivity index is 2.08. The fourth-order valence-corrected chi connectivity index (χ4v) is 1.99. The first kappa shape index (κ1) is 18.2. The lowest BCUT2D eigenvalue weighted by Gasteiger charge is -2.10. The van der Waals surface area contributed by atoms with Crippen molar-refractivity contribution in [2.45, 2.75) is 19.6 Å². The zero-order valence-corrected chi connectivity index (χ0v) is 13.0. The van der Waals surface area contributed by atoms with Crippen LogP contribution in [0.25, 0.3) is 0 Å². The summed E-state index contributed by atoms with van der Waals surface area (Å²) in [5.74, 6) is -1.05. The molecule has 1 amide bonds. The van der Waals surface area contributed by atoms with E-state index in [-0.39, 0.29) is 11.7 Å². The van der Waals surface area contributed by atoms with Crippen molar-refractivity contribution in [3.05, 3.63) is 58.5 Å². The van der Waals surface area contributed by atoms with Crippen LogP contribution in [-0.4, -0.2) is 16.4 Å². The number of nitrogens with one attached hydrogen (secondary N) is 1. The molecule has 25 heavy (non-hydrogen) atoms. The summed E-state index contributed by atoms with van der Waals surface area (Å²) in [6.45, 7) is 0.664. The Morgan fingerprint density at radius 1 is 1.16 bits per heavy atom. The van der Waals surface area contributed by atoms with Crippen LogP contribution in [0.4, 0.5) is 18.9 Å². The maximum atomic E-state index is 12.7. The van der Waals surface area contributed by atoms with Crippen molar-refractivity contribution in [3.8, 4) is 5.75 Å². The van der Waals surface area contributed by atoms with Crippen LogP contribution in [0.15, 0.2) is 47.4 Å². The molecule has 6 nitrogen and oxygen atoms in total. The van der Waals surface area contributed by atoms with Gasteiger partial charge < -0.3 is 14.6 Å². The number of rotatable bonds is 4. The zero-order valence-electron chi connectivity index (χ0n) is 13.0. The normalized spacial score (nSPS) is 11.0. The fourth-order valence-electron chi connectivity index (χ4n) is 1.99. The second kappa shape index (κ2) is 7.20. The first-order valence-electron chi connectivity index (χ1n) is 7.02. The van der Waals surface area contributed by atoms with Gasteiger partial charge in [-0.05, 0) is 36.4 Å². The van der Waals surface area contributed by atoms with Gasteiger partial charge in [-0.15, -0.1) is 0 Å². The average molecular weight is 354 g/mol. The van der Waals surface area contributed by atoms with E-state index in [0.29, 0.717) is 16.3 Å². The van der Waals surface area contributed by atoms with Gasteiger partial charge in [0.1, 0.15) is 17.9 Å². The Bertz CT molecular complexity index is 842. The lowest BCUT2D eigenvalue weighted by atomic mass is 10.2. The van der Waals surface area contributed by atoms with Crippen molar-refractivity contribution >= 4 is 17.6 Å².